The van der Waals surface area contributed by atoms with Crippen LogP contribution in [0.1, 0.15) is 25.3 Å². The molecule has 2 aromatic rings. The number of nitrogens with zero attached hydrogens (tertiary/aromatic N) is 1. The van der Waals surface area contributed by atoms with Crippen molar-refractivity contribution >= 4 is 17.0 Å². The van der Waals surface area contributed by atoms with Crippen molar-refractivity contribution in [2.45, 2.75) is 32.7 Å². The Balaban J connectivity index is 2.45. The first-order valence-electron chi connectivity index (χ1n) is 6.05. The molecule has 0 aliphatic rings. The standard InChI is InChI=1S/C13H16N2O3/c1-2-3-4-9-5-6-10-11(7-9)15(8-12(16)17)13(18)14-10/h5-7H,2-4,8H2,1H3,(H,14,18)(H,16,17). The lowest BCUT2D eigenvalue weighted by Crippen LogP contribution is -2.21. The monoisotopic (exact) mass is 248 g/mol. The van der Waals surface area contributed by atoms with Gasteiger partial charge in [0.2, 0.25) is 0 Å². The average Bonchev–Trinajstić information content (AvgIpc) is 2.63. The Hall–Kier alpha value is -2.04. The van der Waals surface area contributed by atoms with E-state index < -0.39 is 5.97 Å². The zero-order valence-corrected chi connectivity index (χ0v) is 10.3. The molecular formula is C13H16N2O3. The number of imidazole rings is 1. The van der Waals surface area contributed by atoms with Crippen molar-refractivity contribution in [3.8, 4) is 0 Å². The van der Waals surface area contributed by atoms with Crippen LogP contribution in [0.3, 0.4) is 0 Å². The molecule has 0 bridgehead atoms. The van der Waals surface area contributed by atoms with Crippen molar-refractivity contribution in [1.29, 1.82) is 0 Å². The molecule has 0 saturated carbocycles. The second-order valence-electron chi connectivity index (χ2n) is 4.37. The van der Waals surface area contributed by atoms with E-state index in [0.29, 0.717) is 11.0 Å². The molecule has 0 radical (unpaired) electrons. The van der Waals surface area contributed by atoms with E-state index in [1.165, 1.54) is 4.57 Å². The summed E-state index contributed by atoms with van der Waals surface area (Å²) in [7, 11) is 0. The number of carboxylic acid groups (broad SMARTS) is 1. The summed E-state index contributed by atoms with van der Waals surface area (Å²) in [5, 5.41) is 8.81. The number of carbonyl (C=O) groups is 1. The van der Waals surface area contributed by atoms with E-state index in [0.717, 1.165) is 24.8 Å². The number of aromatic amines is 1. The first kappa shape index (κ1) is 12.4. The van der Waals surface area contributed by atoms with Crippen LogP contribution < -0.4 is 5.69 Å². The second kappa shape index (κ2) is 5.08. The molecule has 2 rings (SSSR count). The van der Waals surface area contributed by atoms with Crippen molar-refractivity contribution in [1.82, 2.24) is 9.55 Å². The Bertz CT molecular complexity index is 625. The summed E-state index contributed by atoms with van der Waals surface area (Å²) in [6.45, 7) is 1.81. The van der Waals surface area contributed by atoms with Gasteiger partial charge in [-0.15, -0.1) is 0 Å². The highest BCUT2D eigenvalue weighted by Gasteiger charge is 2.10. The summed E-state index contributed by atoms with van der Waals surface area (Å²) >= 11 is 0. The Kier molecular flexibility index (Phi) is 3.50. The number of hydrogen-bond donors (Lipinski definition) is 2. The summed E-state index contributed by atoms with van der Waals surface area (Å²) in [5.41, 5.74) is 2.10. The Morgan fingerprint density at radius 2 is 2.22 bits per heavy atom. The van der Waals surface area contributed by atoms with E-state index in [1.54, 1.807) is 0 Å². The van der Waals surface area contributed by atoms with Crippen LogP contribution >= 0.6 is 0 Å². The second-order valence-corrected chi connectivity index (χ2v) is 4.37. The van der Waals surface area contributed by atoms with Gasteiger partial charge >= 0.3 is 11.7 Å². The minimum Gasteiger partial charge on any atom is -0.480 e. The predicted octanol–water partition coefficient (Wildman–Crippen LogP) is 1.76. The predicted molar refractivity (Wildman–Crippen MR) is 68.8 cm³/mol. The summed E-state index contributed by atoms with van der Waals surface area (Å²) in [4.78, 5) is 25.0. The van der Waals surface area contributed by atoms with Gasteiger partial charge in [-0.2, -0.15) is 0 Å². The van der Waals surface area contributed by atoms with E-state index in [2.05, 4.69) is 11.9 Å². The average molecular weight is 248 g/mol. The molecule has 5 nitrogen and oxygen atoms in total. The third-order valence-electron chi connectivity index (χ3n) is 2.95. The molecule has 2 N–H and O–H groups in total. The Labute approximate surface area is 104 Å². The fourth-order valence-electron chi connectivity index (χ4n) is 2.03. The molecule has 0 fully saturated rings. The number of aliphatic carboxylic acids is 1. The minimum atomic E-state index is -1.02. The highest BCUT2D eigenvalue weighted by Crippen LogP contribution is 2.14. The van der Waals surface area contributed by atoms with Gasteiger partial charge in [-0.05, 0) is 30.5 Å². The lowest BCUT2D eigenvalue weighted by molar-refractivity contribution is -0.137. The van der Waals surface area contributed by atoms with Crippen molar-refractivity contribution in [3.63, 3.8) is 0 Å². The van der Waals surface area contributed by atoms with Gasteiger partial charge in [0, 0.05) is 0 Å². The van der Waals surface area contributed by atoms with Crippen molar-refractivity contribution in [2.75, 3.05) is 0 Å². The minimum absolute atomic E-state index is 0.309. The molecule has 0 aliphatic heterocycles. The Morgan fingerprint density at radius 1 is 1.44 bits per heavy atom. The van der Waals surface area contributed by atoms with E-state index in [9.17, 15) is 9.59 Å². The molecule has 0 saturated heterocycles. The van der Waals surface area contributed by atoms with Gasteiger partial charge in [-0.1, -0.05) is 19.4 Å². The SMILES string of the molecule is CCCCc1ccc2[nH]c(=O)n(CC(=O)O)c2c1. The summed E-state index contributed by atoms with van der Waals surface area (Å²) in [6.07, 6.45) is 3.13. The van der Waals surface area contributed by atoms with Crippen LogP contribution in [0.4, 0.5) is 0 Å². The maximum absolute atomic E-state index is 11.6. The van der Waals surface area contributed by atoms with Crippen molar-refractivity contribution in [2.24, 2.45) is 0 Å². The smallest absolute Gasteiger partial charge is 0.327 e. The van der Waals surface area contributed by atoms with Crippen molar-refractivity contribution in [3.05, 3.63) is 34.2 Å². The molecule has 0 atom stereocenters. The zero-order chi connectivity index (χ0) is 13.1. The maximum atomic E-state index is 11.6. The number of rotatable bonds is 5. The van der Waals surface area contributed by atoms with E-state index >= 15 is 0 Å². The summed E-state index contributed by atoms with van der Waals surface area (Å²) < 4.78 is 1.26. The normalized spacial score (nSPS) is 10.9. The van der Waals surface area contributed by atoms with Crippen LogP contribution in [0.5, 0.6) is 0 Å². The fraction of sp³-hybridized carbons (Fsp3) is 0.385. The van der Waals surface area contributed by atoms with Crippen LogP contribution in [0.2, 0.25) is 0 Å². The fourth-order valence-corrected chi connectivity index (χ4v) is 2.03. The first-order chi connectivity index (χ1) is 8.61. The Morgan fingerprint density at radius 3 is 2.89 bits per heavy atom. The highest BCUT2D eigenvalue weighted by atomic mass is 16.4. The van der Waals surface area contributed by atoms with Crippen LogP contribution in [0, 0.1) is 0 Å². The van der Waals surface area contributed by atoms with E-state index in [4.69, 9.17) is 5.11 Å². The lowest BCUT2D eigenvalue weighted by Gasteiger charge is -2.02. The molecule has 0 unspecified atom stereocenters. The molecule has 0 aliphatic carbocycles. The molecule has 96 valence electrons. The largest absolute Gasteiger partial charge is 0.480 e. The quantitative estimate of drug-likeness (QED) is 0.846. The maximum Gasteiger partial charge on any atom is 0.327 e. The van der Waals surface area contributed by atoms with Crippen LogP contribution in [0.15, 0.2) is 23.0 Å². The molecule has 1 heterocycles. The third kappa shape index (κ3) is 2.45. The number of benzene rings is 1. The number of hydrogen-bond acceptors (Lipinski definition) is 2. The number of unbranched alkanes of at least 4 members (excludes halogenated alkanes) is 1. The zero-order valence-electron chi connectivity index (χ0n) is 10.3. The molecule has 18 heavy (non-hydrogen) atoms. The lowest BCUT2D eigenvalue weighted by atomic mass is 10.1. The third-order valence-corrected chi connectivity index (χ3v) is 2.95. The molecule has 1 aromatic carbocycles. The van der Waals surface area contributed by atoms with Gasteiger partial charge in [0.05, 0.1) is 11.0 Å². The number of carboxylic acids is 1. The van der Waals surface area contributed by atoms with Crippen LogP contribution in [-0.2, 0) is 17.8 Å². The van der Waals surface area contributed by atoms with Crippen LogP contribution in [0.25, 0.3) is 11.0 Å². The molecule has 5 heteroatoms. The molecular weight excluding hydrogens is 232 g/mol. The van der Waals surface area contributed by atoms with Gasteiger partial charge in [0.1, 0.15) is 6.54 Å². The van der Waals surface area contributed by atoms with Crippen molar-refractivity contribution < 1.29 is 9.90 Å². The number of fused-ring (bicyclic) bond motifs is 1. The number of nitrogens with one attached hydrogen (secondary N) is 1. The van der Waals surface area contributed by atoms with Crippen LogP contribution in [-0.4, -0.2) is 20.6 Å². The molecule has 0 amide bonds. The van der Waals surface area contributed by atoms with E-state index in [-0.39, 0.29) is 12.2 Å². The summed E-state index contributed by atoms with van der Waals surface area (Å²) in [6, 6.07) is 5.70. The van der Waals surface area contributed by atoms with Gasteiger partial charge in [0.15, 0.2) is 0 Å². The van der Waals surface area contributed by atoms with E-state index in [1.807, 2.05) is 18.2 Å². The summed E-state index contributed by atoms with van der Waals surface area (Å²) in [5.74, 6) is -1.02. The van der Waals surface area contributed by atoms with Gasteiger partial charge in [-0.25, -0.2) is 4.79 Å². The number of aryl methyl sites for hydroxylation is 1. The van der Waals surface area contributed by atoms with Gasteiger partial charge < -0.3 is 10.1 Å². The number of aromatic nitrogens is 2. The number of H-pyrrole nitrogens is 1. The molecule has 1 aromatic heterocycles. The highest BCUT2D eigenvalue weighted by molar-refractivity contribution is 5.78. The first-order valence-corrected chi connectivity index (χ1v) is 6.05. The van der Waals surface area contributed by atoms with Gasteiger partial charge in [-0.3, -0.25) is 9.36 Å². The van der Waals surface area contributed by atoms with Gasteiger partial charge in [0.25, 0.3) is 0 Å². The molecule has 0 spiro atoms. The topological polar surface area (TPSA) is 75.1 Å².